The Hall–Kier alpha value is -0.870. The second kappa shape index (κ2) is 6.17. The standard InChI is InChI=1S/C13H26N4/c1-10(2)12(16(4)5)9-15-11(3)13-14-7-8-17(13)6/h7-8,10-12,15H,9H2,1-6H3. The van der Waals surface area contributed by atoms with E-state index in [0.717, 1.165) is 12.4 Å². The van der Waals surface area contributed by atoms with Gasteiger partial charge in [0.25, 0.3) is 0 Å². The van der Waals surface area contributed by atoms with Crippen molar-refractivity contribution in [3.63, 3.8) is 0 Å². The predicted molar refractivity (Wildman–Crippen MR) is 71.9 cm³/mol. The van der Waals surface area contributed by atoms with Crippen LogP contribution in [0.3, 0.4) is 0 Å². The Bertz CT molecular complexity index is 322. The first-order chi connectivity index (χ1) is 7.93. The molecule has 17 heavy (non-hydrogen) atoms. The van der Waals surface area contributed by atoms with Gasteiger partial charge in [-0.15, -0.1) is 0 Å². The molecule has 4 nitrogen and oxygen atoms in total. The summed E-state index contributed by atoms with van der Waals surface area (Å²) in [4.78, 5) is 6.65. The fourth-order valence-electron chi connectivity index (χ4n) is 2.20. The molecule has 1 heterocycles. The Morgan fingerprint density at radius 3 is 2.41 bits per heavy atom. The summed E-state index contributed by atoms with van der Waals surface area (Å²) >= 11 is 0. The van der Waals surface area contributed by atoms with Crippen LogP contribution in [0.15, 0.2) is 12.4 Å². The van der Waals surface area contributed by atoms with Gasteiger partial charge < -0.3 is 14.8 Å². The van der Waals surface area contributed by atoms with Gasteiger partial charge in [-0.3, -0.25) is 0 Å². The van der Waals surface area contributed by atoms with Crippen LogP contribution in [0.5, 0.6) is 0 Å². The summed E-state index contributed by atoms with van der Waals surface area (Å²) in [5.41, 5.74) is 0. The van der Waals surface area contributed by atoms with Crippen molar-refractivity contribution in [2.24, 2.45) is 13.0 Å². The maximum absolute atomic E-state index is 4.37. The largest absolute Gasteiger partial charge is 0.337 e. The molecule has 0 aliphatic heterocycles. The van der Waals surface area contributed by atoms with E-state index in [1.807, 2.05) is 19.4 Å². The zero-order chi connectivity index (χ0) is 13.0. The molecule has 0 amide bonds. The summed E-state index contributed by atoms with van der Waals surface area (Å²) in [5, 5.41) is 3.56. The van der Waals surface area contributed by atoms with Gasteiger partial charge in [-0.05, 0) is 26.9 Å². The van der Waals surface area contributed by atoms with Crippen LogP contribution in [0.4, 0.5) is 0 Å². The van der Waals surface area contributed by atoms with E-state index >= 15 is 0 Å². The lowest BCUT2D eigenvalue weighted by Crippen LogP contribution is -2.42. The summed E-state index contributed by atoms with van der Waals surface area (Å²) in [7, 11) is 6.31. The molecule has 0 bridgehead atoms. The Balaban J connectivity index is 2.52. The molecule has 0 saturated heterocycles. The van der Waals surface area contributed by atoms with Crippen LogP contribution in [-0.2, 0) is 7.05 Å². The molecule has 0 aliphatic carbocycles. The van der Waals surface area contributed by atoms with Crippen molar-refractivity contribution in [2.45, 2.75) is 32.9 Å². The minimum atomic E-state index is 0.288. The van der Waals surface area contributed by atoms with Crippen molar-refractivity contribution in [1.82, 2.24) is 19.8 Å². The molecule has 1 rings (SSSR count). The topological polar surface area (TPSA) is 33.1 Å². The van der Waals surface area contributed by atoms with Gasteiger partial charge in [0, 0.05) is 32.0 Å². The number of nitrogens with zero attached hydrogens (tertiary/aromatic N) is 3. The maximum atomic E-state index is 4.37. The number of nitrogens with one attached hydrogen (secondary N) is 1. The number of hydrogen-bond acceptors (Lipinski definition) is 3. The maximum Gasteiger partial charge on any atom is 0.125 e. The van der Waals surface area contributed by atoms with Crippen LogP contribution in [0.2, 0.25) is 0 Å². The van der Waals surface area contributed by atoms with E-state index in [4.69, 9.17) is 0 Å². The molecule has 1 aromatic rings. The molecule has 1 aromatic heterocycles. The average molecular weight is 238 g/mol. The van der Waals surface area contributed by atoms with Gasteiger partial charge in [0.05, 0.1) is 6.04 Å². The normalized spacial score (nSPS) is 15.5. The monoisotopic (exact) mass is 238 g/mol. The molecule has 0 aromatic carbocycles. The molecule has 2 unspecified atom stereocenters. The van der Waals surface area contributed by atoms with Crippen molar-refractivity contribution < 1.29 is 0 Å². The molecule has 0 radical (unpaired) electrons. The molecular weight excluding hydrogens is 212 g/mol. The predicted octanol–water partition coefficient (Wildman–Crippen LogP) is 1.66. The lowest BCUT2D eigenvalue weighted by Gasteiger charge is -2.29. The fraction of sp³-hybridized carbons (Fsp3) is 0.769. The van der Waals surface area contributed by atoms with E-state index in [9.17, 15) is 0 Å². The van der Waals surface area contributed by atoms with Crippen LogP contribution in [0.25, 0.3) is 0 Å². The zero-order valence-electron chi connectivity index (χ0n) is 11.9. The zero-order valence-corrected chi connectivity index (χ0v) is 11.9. The Labute approximate surface area is 105 Å². The van der Waals surface area contributed by atoms with E-state index < -0.39 is 0 Å². The highest BCUT2D eigenvalue weighted by Gasteiger charge is 2.17. The number of aromatic nitrogens is 2. The third-order valence-corrected chi connectivity index (χ3v) is 3.31. The van der Waals surface area contributed by atoms with E-state index in [1.54, 1.807) is 0 Å². The van der Waals surface area contributed by atoms with Crippen LogP contribution in [-0.4, -0.2) is 41.1 Å². The Kier molecular flexibility index (Phi) is 5.15. The van der Waals surface area contributed by atoms with Gasteiger partial charge in [-0.2, -0.15) is 0 Å². The van der Waals surface area contributed by atoms with E-state index in [1.165, 1.54) is 0 Å². The Morgan fingerprint density at radius 2 is 2.00 bits per heavy atom. The van der Waals surface area contributed by atoms with Crippen molar-refractivity contribution >= 4 is 0 Å². The summed E-state index contributed by atoms with van der Waals surface area (Å²) in [6.07, 6.45) is 3.83. The third-order valence-electron chi connectivity index (χ3n) is 3.31. The van der Waals surface area contributed by atoms with E-state index in [0.29, 0.717) is 12.0 Å². The first-order valence-electron chi connectivity index (χ1n) is 6.30. The van der Waals surface area contributed by atoms with Crippen molar-refractivity contribution in [3.8, 4) is 0 Å². The second-order valence-electron chi connectivity index (χ2n) is 5.30. The second-order valence-corrected chi connectivity index (χ2v) is 5.30. The van der Waals surface area contributed by atoms with Gasteiger partial charge in [0.2, 0.25) is 0 Å². The number of aryl methyl sites for hydroxylation is 1. The van der Waals surface area contributed by atoms with Gasteiger partial charge >= 0.3 is 0 Å². The van der Waals surface area contributed by atoms with Crippen molar-refractivity contribution in [3.05, 3.63) is 18.2 Å². The van der Waals surface area contributed by atoms with Gasteiger partial charge in [-0.1, -0.05) is 13.8 Å². The fourth-order valence-corrected chi connectivity index (χ4v) is 2.20. The molecule has 0 saturated carbocycles. The SMILES string of the molecule is CC(NCC(C(C)C)N(C)C)c1nccn1C. The first kappa shape index (κ1) is 14.2. The molecule has 98 valence electrons. The number of likely N-dealkylation sites (N-methyl/N-ethyl adjacent to an activating group) is 1. The number of rotatable bonds is 6. The van der Waals surface area contributed by atoms with Crippen LogP contribution in [0.1, 0.15) is 32.6 Å². The number of imidazole rings is 1. The quantitative estimate of drug-likeness (QED) is 0.818. The van der Waals surface area contributed by atoms with Crippen LogP contribution >= 0.6 is 0 Å². The first-order valence-corrected chi connectivity index (χ1v) is 6.30. The highest BCUT2D eigenvalue weighted by molar-refractivity contribution is 4.97. The van der Waals surface area contributed by atoms with E-state index in [-0.39, 0.29) is 6.04 Å². The average Bonchev–Trinajstić information content (AvgIpc) is 2.63. The Morgan fingerprint density at radius 1 is 1.35 bits per heavy atom. The molecule has 1 N–H and O–H groups in total. The lowest BCUT2D eigenvalue weighted by molar-refractivity contribution is 0.219. The van der Waals surface area contributed by atoms with Crippen molar-refractivity contribution in [2.75, 3.05) is 20.6 Å². The van der Waals surface area contributed by atoms with Gasteiger partial charge in [0.15, 0.2) is 0 Å². The molecule has 0 fully saturated rings. The minimum absolute atomic E-state index is 0.288. The van der Waals surface area contributed by atoms with Crippen molar-refractivity contribution in [1.29, 1.82) is 0 Å². The highest BCUT2D eigenvalue weighted by atomic mass is 15.1. The van der Waals surface area contributed by atoms with E-state index in [2.05, 4.69) is 54.6 Å². The number of hydrogen-bond donors (Lipinski definition) is 1. The molecule has 0 aliphatic rings. The smallest absolute Gasteiger partial charge is 0.125 e. The minimum Gasteiger partial charge on any atom is -0.337 e. The summed E-state index contributed by atoms with van der Waals surface area (Å²) in [5.74, 6) is 1.73. The molecule has 0 spiro atoms. The highest BCUT2D eigenvalue weighted by Crippen LogP contribution is 2.11. The molecular formula is C13H26N4. The summed E-state index contributed by atoms with van der Waals surface area (Å²) in [6, 6.07) is 0.842. The summed E-state index contributed by atoms with van der Waals surface area (Å²) < 4.78 is 2.07. The third kappa shape index (κ3) is 3.82. The van der Waals surface area contributed by atoms with Gasteiger partial charge in [-0.25, -0.2) is 4.98 Å². The van der Waals surface area contributed by atoms with Crippen LogP contribution < -0.4 is 5.32 Å². The molecule has 2 atom stereocenters. The molecule has 4 heteroatoms. The lowest BCUT2D eigenvalue weighted by atomic mass is 10.0. The van der Waals surface area contributed by atoms with Gasteiger partial charge in [0.1, 0.15) is 5.82 Å². The summed E-state index contributed by atoms with van der Waals surface area (Å²) in [6.45, 7) is 7.67. The van der Waals surface area contributed by atoms with Crippen LogP contribution in [0, 0.1) is 5.92 Å².